The third kappa shape index (κ3) is 1.59. The van der Waals surface area contributed by atoms with Crippen molar-refractivity contribution >= 4 is 0 Å². The molecule has 0 aromatic carbocycles. The van der Waals surface area contributed by atoms with Crippen molar-refractivity contribution in [1.29, 1.82) is 0 Å². The van der Waals surface area contributed by atoms with E-state index in [0.717, 1.165) is 24.6 Å². The molecule has 72 valence electrons. The molecular formula is C9H15N3O. The number of oxazole rings is 1. The molecule has 1 aromatic heterocycles. The lowest BCUT2D eigenvalue weighted by Gasteiger charge is -2.13. The zero-order chi connectivity index (χ0) is 9.26. The van der Waals surface area contributed by atoms with Crippen LogP contribution in [0.15, 0.2) is 10.7 Å². The van der Waals surface area contributed by atoms with Crippen LogP contribution in [0.5, 0.6) is 0 Å². The molecule has 1 aromatic rings. The minimum Gasteiger partial charge on any atom is -0.447 e. The Morgan fingerprint density at radius 1 is 1.77 bits per heavy atom. The van der Waals surface area contributed by atoms with E-state index in [1.54, 1.807) is 6.26 Å². The van der Waals surface area contributed by atoms with Crippen molar-refractivity contribution in [3.8, 4) is 0 Å². The highest BCUT2D eigenvalue weighted by molar-refractivity contribution is 5.02. The number of nitrogens with zero attached hydrogens (tertiary/aromatic N) is 1. The van der Waals surface area contributed by atoms with Crippen LogP contribution in [0.2, 0.25) is 0 Å². The summed E-state index contributed by atoms with van der Waals surface area (Å²) in [4.78, 5) is 4.31. The van der Waals surface area contributed by atoms with Crippen molar-refractivity contribution in [1.82, 2.24) is 10.3 Å². The highest BCUT2D eigenvalue weighted by Crippen LogP contribution is 2.27. The third-order valence-electron chi connectivity index (χ3n) is 2.56. The molecule has 1 fully saturated rings. The quantitative estimate of drug-likeness (QED) is 0.701. The maximum absolute atomic E-state index is 5.66. The number of nitrogens with one attached hydrogen (secondary N) is 1. The second kappa shape index (κ2) is 3.47. The highest BCUT2D eigenvalue weighted by atomic mass is 16.3. The smallest absolute Gasteiger partial charge is 0.211 e. The molecule has 1 aliphatic heterocycles. The van der Waals surface area contributed by atoms with Crippen molar-refractivity contribution in [3.05, 3.63) is 17.8 Å². The Labute approximate surface area is 77.5 Å². The van der Waals surface area contributed by atoms with Crippen LogP contribution in [0.1, 0.15) is 24.0 Å². The Balaban J connectivity index is 2.15. The summed E-state index contributed by atoms with van der Waals surface area (Å²) in [6.07, 6.45) is 2.80. The van der Waals surface area contributed by atoms with Gasteiger partial charge < -0.3 is 15.5 Å². The summed E-state index contributed by atoms with van der Waals surface area (Å²) in [6, 6.07) is 0.221. The van der Waals surface area contributed by atoms with Crippen molar-refractivity contribution < 1.29 is 4.42 Å². The number of rotatable bonds is 2. The molecule has 1 saturated heterocycles. The number of aryl methyl sites for hydroxylation is 1. The summed E-state index contributed by atoms with van der Waals surface area (Å²) in [5.74, 6) is 1.25. The largest absolute Gasteiger partial charge is 0.447 e. The van der Waals surface area contributed by atoms with Gasteiger partial charge in [-0.25, -0.2) is 4.98 Å². The Morgan fingerprint density at radius 2 is 2.62 bits per heavy atom. The van der Waals surface area contributed by atoms with Crippen LogP contribution in [0, 0.1) is 12.8 Å². The van der Waals surface area contributed by atoms with E-state index in [0.29, 0.717) is 12.5 Å². The molecule has 2 atom stereocenters. The first-order chi connectivity index (χ1) is 6.31. The van der Waals surface area contributed by atoms with E-state index >= 15 is 0 Å². The van der Waals surface area contributed by atoms with Gasteiger partial charge in [0.15, 0.2) is 0 Å². The van der Waals surface area contributed by atoms with Gasteiger partial charge in [-0.15, -0.1) is 0 Å². The van der Waals surface area contributed by atoms with Gasteiger partial charge in [-0.1, -0.05) is 0 Å². The Kier molecular flexibility index (Phi) is 2.33. The van der Waals surface area contributed by atoms with Gasteiger partial charge in [0.05, 0.1) is 11.7 Å². The molecule has 2 unspecified atom stereocenters. The minimum atomic E-state index is 0.221. The summed E-state index contributed by atoms with van der Waals surface area (Å²) >= 11 is 0. The zero-order valence-electron chi connectivity index (χ0n) is 7.79. The van der Waals surface area contributed by atoms with Gasteiger partial charge in [0.2, 0.25) is 5.89 Å². The van der Waals surface area contributed by atoms with Crippen molar-refractivity contribution in [2.24, 2.45) is 11.7 Å². The lowest BCUT2D eigenvalue weighted by atomic mass is 10.0. The van der Waals surface area contributed by atoms with E-state index in [9.17, 15) is 0 Å². The Morgan fingerprint density at radius 3 is 3.23 bits per heavy atom. The third-order valence-corrected chi connectivity index (χ3v) is 2.56. The number of aromatic nitrogens is 1. The summed E-state index contributed by atoms with van der Waals surface area (Å²) in [7, 11) is 0. The summed E-state index contributed by atoms with van der Waals surface area (Å²) in [5, 5.41) is 3.35. The lowest BCUT2D eigenvalue weighted by Crippen LogP contribution is -2.23. The summed E-state index contributed by atoms with van der Waals surface area (Å²) in [5.41, 5.74) is 6.59. The molecule has 0 spiro atoms. The van der Waals surface area contributed by atoms with Gasteiger partial charge in [-0.2, -0.15) is 0 Å². The van der Waals surface area contributed by atoms with Gasteiger partial charge in [0.1, 0.15) is 6.26 Å². The van der Waals surface area contributed by atoms with E-state index < -0.39 is 0 Å². The van der Waals surface area contributed by atoms with Crippen LogP contribution in [0.25, 0.3) is 0 Å². The van der Waals surface area contributed by atoms with Gasteiger partial charge in [-0.05, 0) is 32.4 Å². The maximum atomic E-state index is 5.66. The zero-order valence-corrected chi connectivity index (χ0v) is 7.79. The first-order valence-electron chi connectivity index (χ1n) is 4.66. The maximum Gasteiger partial charge on any atom is 0.211 e. The highest BCUT2D eigenvalue weighted by Gasteiger charge is 2.30. The molecule has 2 heterocycles. The van der Waals surface area contributed by atoms with E-state index in [1.807, 2.05) is 6.92 Å². The van der Waals surface area contributed by atoms with Gasteiger partial charge in [-0.3, -0.25) is 0 Å². The van der Waals surface area contributed by atoms with Crippen molar-refractivity contribution in [2.75, 3.05) is 13.1 Å². The van der Waals surface area contributed by atoms with E-state index in [1.165, 1.54) is 0 Å². The molecule has 1 aliphatic rings. The molecule has 0 saturated carbocycles. The van der Waals surface area contributed by atoms with Crippen LogP contribution in [-0.2, 0) is 0 Å². The SMILES string of the molecule is Cc1coc(C2NCCC2CN)n1. The fourth-order valence-electron chi connectivity index (χ4n) is 1.82. The molecule has 4 heteroatoms. The van der Waals surface area contributed by atoms with Crippen molar-refractivity contribution in [2.45, 2.75) is 19.4 Å². The molecule has 4 nitrogen and oxygen atoms in total. The minimum absolute atomic E-state index is 0.221. The van der Waals surface area contributed by atoms with E-state index in [4.69, 9.17) is 10.2 Å². The van der Waals surface area contributed by atoms with Crippen LogP contribution >= 0.6 is 0 Å². The average molecular weight is 181 g/mol. The first-order valence-corrected chi connectivity index (χ1v) is 4.66. The number of hydrogen-bond donors (Lipinski definition) is 2. The molecular weight excluding hydrogens is 166 g/mol. The molecule has 0 bridgehead atoms. The van der Waals surface area contributed by atoms with Gasteiger partial charge >= 0.3 is 0 Å². The summed E-state index contributed by atoms with van der Waals surface area (Å²) in [6.45, 7) is 3.63. The predicted octanol–water partition coefficient (Wildman–Crippen LogP) is 0.592. The normalized spacial score (nSPS) is 28.2. The fraction of sp³-hybridized carbons (Fsp3) is 0.667. The fourth-order valence-corrected chi connectivity index (χ4v) is 1.82. The Hall–Kier alpha value is -0.870. The molecule has 2 rings (SSSR count). The van der Waals surface area contributed by atoms with Crippen LogP contribution in [0.4, 0.5) is 0 Å². The molecule has 0 radical (unpaired) electrons. The number of nitrogens with two attached hydrogens (primary N) is 1. The molecule has 0 amide bonds. The summed E-state index contributed by atoms with van der Waals surface area (Å²) < 4.78 is 5.35. The van der Waals surface area contributed by atoms with Crippen LogP contribution < -0.4 is 11.1 Å². The first kappa shape index (κ1) is 8.72. The molecule has 3 N–H and O–H groups in total. The standard InChI is InChI=1S/C9H15N3O/c1-6-5-13-9(12-6)8-7(4-10)2-3-11-8/h5,7-8,11H,2-4,10H2,1H3. The average Bonchev–Trinajstić information content (AvgIpc) is 2.71. The Bertz CT molecular complexity index is 284. The van der Waals surface area contributed by atoms with Gasteiger partial charge in [0, 0.05) is 0 Å². The second-order valence-corrected chi connectivity index (χ2v) is 3.54. The molecule has 0 aliphatic carbocycles. The van der Waals surface area contributed by atoms with Gasteiger partial charge in [0.25, 0.3) is 0 Å². The molecule has 13 heavy (non-hydrogen) atoms. The topological polar surface area (TPSA) is 64.1 Å². The predicted molar refractivity (Wildman–Crippen MR) is 49.1 cm³/mol. The van der Waals surface area contributed by atoms with Crippen LogP contribution in [-0.4, -0.2) is 18.1 Å². The van der Waals surface area contributed by atoms with Crippen molar-refractivity contribution in [3.63, 3.8) is 0 Å². The lowest BCUT2D eigenvalue weighted by molar-refractivity contribution is 0.368. The number of hydrogen-bond acceptors (Lipinski definition) is 4. The van der Waals surface area contributed by atoms with E-state index in [-0.39, 0.29) is 6.04 Å². The van der Waals surface area contributed by atoms with Crippen LogP contribution in [0.3, 0.4) is 0 Å². The monoisotopic (exact) mass is 181 g/mol. The van der Waals surface area contributed by atoms with E-state index in [2.05, 4.69) is 10.3 Å². The second-order valence-electron chi connectivity index (χ2n) is 3.54.